The number of aromatic nitrogens is 4. The topological polar surface area (TPSA) is 73.8 Å². The second-order valence-corrected chi connectivity index (χ2v) is 7.63. The van der Waals surface area contributed by atoms with Crippen molar-refractivity contribution in [2.24, 2.45) is 0 Å². The van der Waals surface area contributed by atoms with Gasteiger partial charge in [0.1, 0.15) is 5.82 Å². The van der Waals surface area contributed by atoms with Crippen LogP contribution >= 0.6 is 11.8 Å². The fourth-order valence-corrected chi connectivity index (χ4v) is 3.78. The summed E-state index contributed by atoms with van der Waals surface area (Å²) in [7, 11) is 0. The van der Waals surface area contributed by atoms with Crippen molar-refractivity contribution < 1.29 is 8.91 Å². The van der Waals surface area contributed by atoms with Crippen molar-refractivity contribution in [2.45, 2.75) is 4.90 Å². The fraction of sp³-hybridized carbons (Fsp3) is 0.0435. The molecule has 3 aromatic carbocycles. The SMILES string of the molecule is CSc1cccc(-n2nc(-c3nc(-c4cccc(F)c4)no3)c3ccccc3c2=O)c1. The molecule has 5 aromatic rings. The average molecular weight is 430 g/mol. The van der Waals surface area contributed by atoms with E-state index in [2.05, 4.69) is 15.2 Å². The highest BCUT2D eigenvalue weighted by molar-refractivity contribution is 7.98. The molecule has 0 N–H and O–H groups in total. The first-order valence-electron chi connectivity index (χ1n) is 9.40. The molecule has 0 saturated carbocycles. The molecular weight excluding hydrogens is 415 g/mol. The Labute approximate surface area is 180 Å². The van der Waals surface area contributed by atoms with Crippen LogP contribution in [0.1, 0.15) is 0 Å². The minimum atomic E-state index is -0.394. The van der Waals surface area contributed by atoms with Gasteiger partial charge in [0, 0.05) is 15.8 Å². The second kappa shape index (κ2) is 7.81. The van der Waals surface area contributed by atoms with E-state index >= 15 is 0 Å². The van der Waals surface area contributed by atoms with Crippen molar-refractivity contribution in [3.8, 4) is 28.7 Å². The Kier molecular flexibility index (Phi) is 4.83. The maximum atomic E-state index is 13.6. The maximum Gasteiger partial charge on any atom is 0.279 e. The molecule has 2 heterocycles. The lowest BCUT2D eigenvalue weighted by molar-refractivity contribution is 0.430. The second-order valence-electron chi connectivity index (χ2n) is 6.75. The summed E-state index contributed by atoms with van der Waals surface area (Å²) >= 11 is 1.58. The monoisotopic (exact) mass is 430 g/mol. The molecule has 2 aromatic heterocycles. The molecule has 5 rings (SSSR count). The van der Waals surface area contributed by atoms with Gasteiger partial charge in [-0.05, 0) is 42.7 Å². The highest BCUT2D eigenvalue weighted by Crippen LogP contribution is 2.27. The van der Waals surface area contributed by atoms with Gasteiger partial charge < -0.3 is 4.52 Å². The summed E-state index contributed by atoms with van der Waals surface area (Å²) in [5, 5.41) is 9.62. The van der Waals surface area contributed by atoms with Gasteiger partial charge in [-0.3, -0.25) is 4.79 Å². The molecule has 31 heavy (non-hydrogen) atoms. The maximum absolute atomic E-state index is 13.6. The van der Waals surface area contributed by atoms with E-state index in [-0.39, 0.29) is 17.3 Å². The van der Waals surface area contributed by atoms with Crippen LogP contribution in [0.3, 0.4) is 0 Å². The van der Waals surface area contributed by atoms with E-state index in [1.54, 1.807) is 42.1 Å². The van der Waals surface area contributed by atoms with E-state index < -0.39 is 5.82 Å². The first kappa shape index (κ1) is 19.2. The first-order chi connectivity index (χ1) is 15.1. The first-order valence-corrected chi connectivity index (χ1v) is 10.6. The summed E-state index contributed by atoms with van der Waals surface area (Å²) in [5.74, 6) is -0.0117. The fourth-order valence-electron chi connectivity index (χ4n) is 3.33. The van der Waals surface area contributed by atoms with E-state index in [1.807, 2.05) is 36.6 Å². The normalized spacial score (nSPS) is 11.2. The van der Waals surface area contributed by atoms with Crippen LogP contribution in [0.15, 0.2) is 87.0 Å². The number of thioether (sulfide) groups is 1. The largest absolute Gasteiger partial charge is 0.332 e. The summed E-state index contributed by atoms with van der Waals surface area (Å²) < 4.78 is 20.4. The third kappa shape index (κ3) is 3.51. The average Bonchev–Trinajstić information content (AvgIpc) is 3.30. The highest BCUT2D eigenvalue weighted by atomic mass is 32.2. The molecule has 152 valence electrons. The lowest BCUT2D eigenvalue weighted by Gasteiger charge is -2.10. The number of hydrogen-bond donors (Lipinski definition) is 0. The Morgan fingerprint density at radius 1 is 0.968 bits per heavy atom. The van der Waals surface area contributed by atoms with Gasteiger partial charge in [-0.1, -0.05) is 41.6 Å². The summed E-state index contributed by atoms with van der Waals surface area (Å²) in [6.07, 6.45) is 1.97. The van der Waals surface area contributed by atoms with Gasteiger partial charge in [-0.25, -0.2) is 4.39 Å². The predicted octanol–water partition coefficient (Wildman–Crippen LogP) is 4.96. The smallest absolute Gasteiger partial charge is 0.279 e. The Bertz CT molecular complexity index is 1480. The summed E-state index contributed by atoms with van der Waals surface area (Å²) in [5.41, 5.74) is 1.25. The molecular formula is C23H15FN4O2S. The van der Waals surface area contributed by atoms with Gasteiger partial charge in [0.05, 0.1) is 11.1 Å². The van der Waals surface area contributed by atoms with Gasteiger partial charge in [-0.2, -0.15) is 14.8 Å². The minimum absolute atomic E-state index is 0.144. The zero-order chi connectivity index (χ0) is 21.4. The quantitative estimate of drug-likeness (QED) is 0.375. The van der Waals surface area contributed by atoms with Crippen LogP contribution in [-0.4, -0.2) is 26.2 Å². The molecule has 0 saturated heterocycles. The standard InChI is InChI=1S/C23H15FN4O2S/c1-31-17-9-5-8-16(13-17)28-23(29)19-11-3-2-10-18(19)20(26-28)22-25-21(27-30-22)14-6-4-7-15(24)12-14/h2-13H,1H3. The molecule has 0 unspecified atom stereocenters. The van der Waals surface area contributed by atoms with Crippen molar-refractivity contribution in [1.82, 2.24) is 19.9 Å². The van der Waals surface area contributed by atoms with Gasteiger partial charge in [0.15, 0.2) is 5.69 Å². The Balaban J connectivity index is 1.72. The number of benzene rings is 3. The van der Waals surface area contributed by atoms with Gasteiger partial charge in [-0.15, -0.1) is 11.8 Å². The number of rotatable bonds is 4. The highest BCUT2D eigenvalue weighted by Gasteiger charge is 2.19. The molecule has 6 nitrogen and oxygen atoms in total. The van der Waals surface area contributed by atoms with E-state index in [9.17, 15) is 9.18 Å². The van der Waals surface area contributed by atoms with Crippen LogP contribution in [0.4, 0.5) is 4.39 Å². The Morgan fingerprint density at radius 3 is 2.58 bits per heavy atom. The van der Waals surface area contributed by atoms with E-state index in [1.165, 1.54) is 16.8 Å². The zero-order valence-electron chi connectivity index (χ0n) is 16.3. The van der Waals surface area contributed by atoms with Crippen LogP contribution in [0.2, 0.25) is 0 Å². The van der Waals surface area contributed by atoms with Gasteiger partial charge >= 0.3 is 0 Å². The molecule has 0 atom stereocenters. The molecule has 0 aliphatic rings. The van der Waals surface area contributed by atoms with Crippen LogP contribution in [-0.2, 0) is 0 Å². The Hall–Kier alpha value is -3.78. The third-order valence-electron chi connectivity index (χ3n) is 4.81. The van der Waals surface area contributed by atoms with Crippen molar-refractivity contribution >= 4 is 22.5 Å². The zero-order valence-corrected chi connectivity index (χ0v) is 17.1. The van der Waals surface area contributed by atoms with Crippen LogP contribution in [0.25, 0.3) is 39.4 Å². The molecule has 0 fully saturated rings. The van der Waals surface area contributed by atoms with Crippen molar-refractivity contribution in [3.63, 3.8) is 0 Å². The van der Waals surface area contributed by atoms with Crippen molar-refractivity contribution in [2.75, 3.05) is 6.26 Å². The number of fused-ring (bicyclic) bond motifs is 1. The number of hydrogen-bond acceptors (Lipinski definition) is 6. The van der Waals surface area contributed by atoms with Crippen LogP contribution in [0.5, 0.6) is 0 Å². The molecule has 8 heteroatoms. The molecule has 0 radical (unpaired) electrons. The van der Waals surface area contributed by atoms with Crippen molar-refractivity contribution in [3.05, 3.63) is 89.0 Å². The van der Waals surface area contributed by atoms with Crippen molar-refractivity contribution in [1.29, 1.82) is 0 Å². The summed E-state index contributed by atoms with van der Waals surface area (Å²) in [4.78, 5) is 18.6. The molecule has 0 bridgehead atoms. The van der Waals surface area contributed by atoms with E-state index in [0.717, 1.165) is 4.90 Å². The van der Waals surface area contributed by atoms with E-state index in [4.69, 9.17) is 4.52 Å². The number of halogens is 1. The predicted molar refractivity (Wildman–Crippen MR) is 118 cm³/mol. The molecule has 0 spiro atoms. The Morgan fingerprint density at radius 2 is 1.77 bits per heavy atom. The van der Waals surface area contributed by atoms with Gasteiger partial charge in [0.2, 0.25) is 5.82 Å². The van der Waals surface area contributed by atoms with Crippen LogP contribution in [0, 0.1) is 5.82 Å². The van der Waals surface area contributed by atoms with E-state index in [0.29, 0.717) is 27.7 Å². The minimum Gasteiger partial charge on any atom is -0.332 e. The summed E-state index contributed by atoms with van der Waals surface area (Å²) in [6.45, 7) is 0. The summed E-state index contributed by atoms with van der Waals surface area (Å²) in [6, 6.07) is 20.6. The molecule has 0 amide bonds. The van der Waals surface area contributed by atoms with Crippen LogP contribution < -0.4 is 5.56 Å². The lowest BCUT2D eigenvalue weighted by Crippen LogP contribution is -2.22. The molecule has 0 aliphatic carbocycles. The molecule has 0 aliphatic heterocycles. The number of nitrogens with zero attached hydrogens (tertiary/aromatic N) is 4. The third-order valence-corrected chi connectivity index (χ3v) is 5.54. The lowest BCUT2D eigenvalue weighted by atomic mass is 10.1. The van der Waals surface area contributed by atoms with Gasteiger partial charge in [0.25, 0.3) is 11.4 Å².